The number of benzene rings is 1. The van der Waals surface area contributed by atoms with E-state index >= 15 is 0 Å². The molecule has 0 saturated carbocycles. The number of aromatic amines is 1. The van der Waals surface area contributed by atoms with Gasteiger partial charge in [-0.1, -0.05) is 0 Å². The molecule has 0 amide bonds. The van der Waals surface area contributed by atoms with Crippen molar-refractivity contribution in [3.63, 3.8) is 0 Å². The van der Waals surface area contributed by atoms with Gasteiger partial charge in [0.2, 0.25) is 0 Å². The van der Waals surface area contributed by atoms with Crippen LogP contribution in [0, 0.1) is 5.82 Å². The number of hydrogen-bond donors (Lipinski definition) is 2. The zero-order chi connectivity index (χ0) is 28.5. The maximum absolute atomic E-state index is 14.9. The summed E-state index contributed by atoms with van der Waals surface area (Å²) >= 11 is 0. The minimum absolute atomic E-state index is 0.0817. The van der Waals surface area contributed by atoms with Gasteiger partial charge >= 0.3 is 12.4 Å². The molecule has 0 fully saturated rings. The van der Waals surface area contributed by atoms with E-state index in [1.165, 1.54) is 22.9 Å². The van der Waals surface area contributed by atoms with E-state index in [9.17, 15) is 40.3 Å². The smallest absolute Gasteiger partial charge is 0.381 e. The number of H-pyrrole nitrogens is 1. The van der Waals surface area contributed by atoms with Crippen molar-refractivity contribution in [2.45, 2.75) is 44.7 Å². The molecule has 1 aromatic carbocycles. The normalized spacial score (nSPS) is 13.0. The Morgan fingerprint density at radius 2 is 1.72 bits per heavy atom. The fourth-order valence-corrected chi connectivity index (χ4v) is 3.99. The molecule has 0 aliphatic heterocycles. The zero-order valence-corrected chi connectivity index (χ0v) is 20.0. The number of rotatable bonds is 7. The predicted molar refractivity (Wildman–Crippen MR) is 126 cm³/mol. The van der Waals surface area contributed by atoms with Crippen molar-refractivity contribution < 1.29 is 30.7 Å². The van der Waals surface area contributed by atoms with Crippen LogP contribution in [0.5, 0.6) is 0 Å². The van der Waals surface area contributed by atoms with E-state index in [0.717, 1.165) is 12.3 Å². The van der Waals surface area contributed by atoms with Gasteiger partial charge in [-0.15, -0.1) is 0 Å². The van der Waals surface area contributed by atoms with Crippen molar-refractivity contribution in [3.05, 3.63) is 80.6 Å². The molecule has 8 nitrogen and oxygen atoms in total. The molecular weight excluding hydrogens is 537 g/mol. The van der Waals surface area contributed by atoms with Gasteiger partial charge in [0, 0.05) is 36.7 Å². The Morgan fingerprint density at radius 1 is 1.03 bits per heavy atom. The van der Waals surface area contributed by atoms with Crippen molar-refractivity contribution >= 4 is 16.5 Å². The molecule has 3 heterocycles. The second kappa shape index (κ2) is 10.5. The standard InChI is InChI=1S/C24H19F7N6O2/c1-12(35-17-11-34-36-21(38)19(17)24(29,30)31)3-2-5-37-6-4-13-7-14(8-16(25)18(13)22(37)39)20-32-9-15(10-33-20)23(26,27)28/h4,6-12H,2-3,5H2,1H3,(H2,35,36,38)/t12-/m0/s1. The quantitative estimate of drug-likeness (QED) is 0.311. The lowest BCUT2D eigenvalue weighted by Crippen LogP contribution is -2.27. The second-order valence-electron chi connectivity index (χ2n) is 8.70. The molecule has 0 spiro atoms. The van der Waals surface area contributed by atoms with Gasteiger partial charge in [-0.05, 0) is 43.4 Å². The van der Waals surface area contributed by atoms with Crippen LogP contribution in [0.4, 0.5) is 36.4 Å². The van der Waals surface area contributed by atoms with E-state index in [1.54, 1.807) is 12.0 Å². The molecule has 0 unspecified atom stereocenters. The third-order valence-corrected chi connectivity index (χ3v) is 5.84. The van der Waals surface area contributed by atoms with Gasteiger partial charge in [-0.25, -0.2) is 19.5 Å². The number of anilines is 1. The number of hydrogen-bond acceptors (Lipinski definition) is 6. The Morgan fingerprint density at radius 3 is 2.36 bits per heavy atom. The fourth-order valence-electron chi connectivity index (χ4n) is 3.99. The Kier molecular flexibility index (Phi) is 7.44. The van der Waals surface area contributed by atoms with Crippen LogP contribution < -0.4 is 16.4 Å². The predicted octanol–water partition coefficient (Wildman–Crippen LogP) is 5.00. The number of fused-ring (bicyclic) bond motifs is 1. The topological polar surface area (TPSA) is 106 Å². The molecule has 2 N–H and O–H groups in total. The summed E-state index contributed by atoms with van der Waals surface area (Å²) in [7, 11) is 0. The van der Waals surface area contributed by atoms with Crippen LogP contribution in [0.1, 0.15) is 30.9 Å². The molecule has 3 aromatic heterocycles. The number of nitrogens with one attached hydrogen (secondary N) is 2. The molecule has 4 rings (SSSR count). The van der Waals surface area contributed by atoms with Gasteiger partial charge in [-0.2, -0.15) is 31.4 Å². The lowest BCUT2D eigenvalue weighted by atomic mass is 10.1. The highest BCUT2D eigenvalue weighted by Gasteiger charge is 2.37. The number of alkyl halides is 6. The first-order valence-electron chi connectivity index (χ1n) is 11.4. The van der Waals surface area contributed by atoms with E-state index in [-0.39, 0.29) is 28.7 Å². The van der Waals surface area contributed by atoms with Gasteiger partial charge < -0.3 is 9.88 Å². The van der Waals surface area contributed by atoms with Crippen LogP contribution in [0.25, 0.3) is 22.2 Å². The third-order valence-electron chi connectivity index (χ3n) is 5.84. The molecule has 0 aliphatic rings. The van der Waals surface area contributed by atoms with Gasteiger partial charge in [0.25, 0.3) is 11.1 Å². The minimum Gasteiger partial charge on any atom is -0.381 e. The summed E-state index contributed by atoms with van der Waals surface area (Å²) in [5.41, 5.74) is -4.89. The summed E-state index contributed by atoms with van der Waals surface area (Å²) in [6, 6.07) is 3.25. The molecule has 15 heteroatoms. The second-order valence-corrected chi connectivity index (χ2v) is 8.70. The van der Waals surface area contributed by atoms with Crippen molar-refractivity contribution in [2.24, 2.45) is 0 Å². The molecule has 1 atom stereocenters. The van der Waals surface area contributed by atoms with Crippen LogP contribution in [0.3, 0.4) is 0 Å². The Balaban J connectivity index is 1.48. The maximum Gasteiger partial charge on any atom is 0.423 e. The molecule has 39 heavy (non-hydrogen) atoms. The lowest BCUT2D eigenvalue weighted by Gasteiger charge is -2.18. The summed E-state index contributed by atoms with van der Waals surface area (Å²) in [6.07, 6.45) is -5.49. The Hall–Kier alpha value is -4.30. The minimum atomic E-state index is -4.89. The van der Waals surface area contributed by atoms with E-state index in [2.05, 4.69) is 20.4 Å². The first kappa shape index (κ1) is 27.7. The van der Waals surface area contributed by atoms with E-state index in [0.29, 0.717) is 25.2 Å². The number of pyridine rings is 1. The van der Waals surface area contributed by atoms with Gasteiger partial charge in [0.1, 0.15) is 11.4 Å². The molecule has 206 valence electrons. The summed E-state index contributed by atoms with van der Waals surface area (Å²) in [6.45, 7) is 1.71. The number of halogens is 7. The molecule has 0 saturated heterocycles. The largest absolute Gasteiger partial charge is 0.423 e. The molecular formula is C24H19F7N6O2. The van der Waals surface area contributed by atoms with Crippen molar-refractivity contribution in [2.75, 3.05) is 5.32 Å². The van der Waals surface area contributed by atoms with Crippen molar-refractivity contribution in [1.29, 1.82) is 0 Å². The molecule has 0 radical (unpaired) electrons. The first-order valence-corrected chi connectivity index (χ1v) is 11.4. The number of aromatic nitrogens is 5. The molecule has 4 aromatic rings. The van der Waals surface area contributed by atoms with Crippen molar-refractivity contribution in [3.8, 4) is 11.4 Å². The number of aryl methyl sites for hydroxylation is 1. The van der Waals surface area contributed by atoms with Crippen LogP contribution in [0.15, 0.2) is 52.6 Å². The SMILES string of the molecule is C[C@@H](CCCn1ccc2cc(-c3ncc(C(F)(F)F)cn3)cc(F)c2c1=O)Nc1cn[nH]c(=O)c1C(F)(F)F. The van der Waals surface area contributed by atoms with Gasteiger partial charge in [0.05, 0.1) is 22.8 Å². The highest BCUT2D eigenvalue weighted by molar-refractivity contribution is 5.86. The average Bonchev–Trinajstić information content (AvgIpc) is 2.84. The summed E-state index contributed by atoms with van der Waals surface area (Å²) in [5.74, 6) is -1.07. The van der Waals surface area contributed by atoms with E-state index < -0.39 is 52.1 Å². The van der Waals surface area contributed by atoms with Crippen LogP contribution >= 0.6 is 0 Å². The van der Waals surface area contributed by atoms with Crippen molar-refractivity contribution in [1.82, 2.24) is 24.7 Å². The van der Waals surface area contributed by atoms with Gasteiger partial charge in [-0.3, -0.25) is 9.59 Å². The first-order chi connectivity index (χ1) is 18.3. The van der Waals surface area contributed by atoms with Crippen LogP contribution in [0.2, 0.25) is 0 Å². The Labute approximate surface area is 214 Å². The maximum atomic E-state index is 14.9. The lowest BCUT2D eigenvalue weighted by molar-refractivity contribution is -0.139. The highest BCUT2D eigenvalue weighted by atomic mass is 19.4. The summed E-state index contributed by atoms with van der Waals surface area (Å²) in [4.78, 5) is 31.8. The summed E-state index contributed by atoms with van der Waals surface area (Å²) < 4.78 is 94.0. The zero-order valence-electron chi connectivity index (χ0n) is 20.0. The highest BCUT2D eigenvalue weighted by Crippen LogP contribution is 2.32. The molecule has 0 bridgehead atoms. The monoisotopic (exact) mass is 556 g/mol. The van der Waals surface area contributed by atoms with E-state index in [1.807, 2.05) is 0 Å². The fraction of sp³-hybridized carbons (Fsp3) is 0.292. The Bertz CT molecular complexity index is 1610. The summed E-state index contributed by atoms with van der Waals surface area (Å²) in [5, 5.41) is 7.69. The number of nitrogens with zero attached hydrogens (tertiary/aromatic N) is 4. The third kappa shape index (κ3) is 6.07. The van der Waals surface area contributed by atoms with Crippen LogP contribution in [-0.2, 0) is 18.9 Å². The average molecular weight is 556 g/mol. The van der Waals surface area contributed by atoms with Gasteiger partial charge in [0.15, 0.2) is 5.82 Å². The molecule has 0 aliphatic carbocycles. The van der Waals surface area contributed by atoms with Crippen LogP contribution in [-0.4, -0.2) is 30.8 Å². The van der Waals surface area contributed by atoms with E-state index in [4.69, 9.17) is 0 Å².